The normalized spacial score (nSPS) is 13.9. The molecule has 2 heterocycles. The third-order valence-electron chi connectivity index (χ3n) is 5.26. The minimum absolute atomic E-state index is 0.158. The molecule has 0 unspecified atom stereocenters. The zero-order chi connectivity index (χ0) is 20.5. The summed E-state index contributed by atoms with van der Waals surface area (Å²) in [4.78, 5) is 13.9. The van der Waals surface area contributed by atoms with Crippen molar-refractivity contribution < 1.29 is 14.1 Å². The third kappa shape index (κ3) is 3.85. The number of aromatic nitrogens is 2. The molecule has 0 radical (unpaired) electrons. The number of carbonyl (C=O) groups excluding carboxylic acids is 1. The van der Waals surface area contributed by atoms with Crippen molar-refractivity contribution in [2.24, 2.45) is 0 Å². The average molecular weight is 431 g/mol. The van der Waals surface area contributed by atoms with Crippen LogP contribution in [-0.4, -0.2) is 24.1 Å². The van der Waals surface area contributed by atoms with Gasteiger partial charge in [-0.05, 0) is 30.7 Å². The fourth-order valence-corrected chi connectivity index (χ4v) is 4.19. The highest BCUT2D eigenvalue weighted by Gasteiger charge is 2.24. The molecule has 4 rings (SSSR count). The van der Waals surface area contributed by atoms with Crippen molar-refractivity contribution in [1.29, 1.82) is 0 Å². The summed E-state index contributed by atoms with van der Waals surface area (Å²) in [6.07, 6.45) is 5.52. The lowest BCUT2D eigenvalue weighted by molar-refractivity contribution is -0.693. The van der Waals surface area contributed by atoms with E-state index in [1.165, 1.54) is 0 Å². The largest absolute Gasteiger partial charge is 0.492 e. The van der Waals surface area contributed by atoms with Gasteiger partial charge in [0.05, 0.1) is 7.11 Å². The molecule has 0 spiro atoms. The maximum absolute atomic E-state index is 12.1. The predicted octanol–water partition coefficient (Wildman–Crippen LogP) is 4.56. The van der Waals surface area contributed by atoms with Crippen molar-refractivity contribution in [3.8, 4) is 11.4 Å². The van der Waals surface area contributed by atoms with Crippen molar-refractivity contribution in [1.82, 2.24) is 4.57 Å². The minimum Gasteiger partial charge on any atom is -0.492 e. The highest BCUT2D eigenvalue weighted by Crippen LogP contribution is 2.31. The Morgan fingerprint density at radius 1 is 1.17 bits per heavy atom. The van der Waals surface area contributed by atoms with E-state index in [9.17, 15) is 4.79 Å². The van der Waals surface area contributed by atoms with E-state index in [2.05, 4.69) is 4.57 Å². The summed E-state index contributed by atoms with van der Waals surface area (Å²) in [5.74, 6) is 0.867. The molecule has 1 amide bonds. The zero-order valence-electron chi connectivity index (χ0n) is 16.4. The number of aryl methyl sites for hydroxylation is 1. The number of hydrogen-bond acceptors (Lipinski definition) is 2. The molecule has 1 aliphatic heterocycles. The molecule has 1 fully saturated rings. The number of benzene rings is 2. The summed E-state index contributed by atoms with van der Waals surface area (Å²) < 4.78 is 9.73. The number of methoxy groups -OCH3 is 1. The second kappa shape index (κ2) is 8.09. The summed E-state index contributed by atoms with van der Waals surface area (Å²) in [6, 6.07) is 11.4. The average Bonchev–Trinajstić information content (AvgIpc) is 3.30. The molecule has 0 saturated carbocycles. The molecule has 5 nitrogen and oxygen atoms in total. The highest BCUT2D eigenvalue weighted by molar-refractivity contribution is 6.35. The van der Waals surface area contributed by atoms with Crippen LogP contribution >= 0.6 is 23.2 Å². The van der Waals surface area contributed by atoms with Gasteiger partial charge in [0.15, 0.2) is 11.4 Å². The topological polar surface area (TPSA) is 38.4 Å². The van der Waals surface area contributed by atoms with Crippen LogP contribution < -0.4 is 14.2 Å². The van der Waals surface area contributed by atoms with Gasteiger partial charge in [0.1, 0.15) is 18.4 Å². The van der Waals surface area contributed by atoms with Crippen molar-refractivity contribution in [3.63, 3.8) is 0 Å². The Hall–Kier alpha value is -2.50. The van der Waals surface area contributed by atoms with E-state index in [-0.39, 0.29) is 5.91 Å². The molecule has 0 atom stereocenters. The maximum atomic E-state index is 12.1. The number of halogens is 2. The quantitative estimate of drug-likeness (QED) is 0.556. The first-order chi connectivity index (χ1) is 14.0. The Morgan fingerprint density at radius 2 is 1.93 bits per heavy atom. The smallest absolute Gasteiger partial charge is 0.249 e. The molecule has 0 aliphatic carbocycles. The number of rotatable bonds is 5. The summed E-state index contributed by atoms with van der Waals surface area (Å²) >= 11 is 12.7. The third-order valence-corrected chi connectivity index (χ3v) is 5.97. The molecule has 1 saturated heterocycles. The summed E-state index contributed by atoms with van der Waals surface area (Å²) in [6.45, 7) is 3.35. The fourth-order valence-electron chi connectivity index (χ4n) is 3.67. The molecular formula is C22H22Cl2N3O2+. The fraction of sp³-hybridized carbons (Fsp3) is 0.273. The Balaban J connectivity index is 1.67. The maximum Gasteiger partial charge on any atom is 0.249 e. The number of imidazole rings is 1. The molecule has 3 aromatic rings. The lowest BCUT2D eigenvalue weighted by Crippen LogP contribution is -2.35. The molecule has 7 heteroatoms. The first kappa shape index (κ1) is 19.8. The van der Waals surface area contributed by atoms with Crippen LogP contribution in [0.5, 0.6) is 5.75 Å². The minimum atomic E-state index is 0.158. The lowest BCUT2D eigenvalue weighted by Gasteiger charge is -2.17. The van der Waals surface area contributed by atoms with Crippen molar-refractivity contribution in [3.05, 3.63) is 70.2 Å². The predicted molar refractivity (Wildman–Crippen MR) is 114 cm³/mol. The van der Waals surface area contributed by atoms with Gasteiger partial charge in [-0.15, -0.1) is 0 Å². The van der Waals surface area contributed by atoms with Crippen LogP contribution in [0.25, 0.3) is 5.69 Å². The summed E-state index contributed by atoms with van der Waals surface area (Å²) in [5.41, 5.74) is 3.71. The van der Waals surface area contributed by atoms with Gasteiger partial charge in [0, 0.05) is 47.3 Å². The van der Waals surface area contributed by atoms with Gasteiger partial charge in [-0.2, -0.15) is 4.57 Å². The van der Waals surface area contributed by atoms with Gasteiger partial charge in [-0.1, -0.05) is 29.3 Å². The second-order valence-corrected chi connectivity index (χ2v) is 7.94. The van der Waals surface area contributed by atoms with Crippen LogP contribution in [0.15, 0.2) is 48.9 Å². The number of nitrogens with zero attached hydrogens (tertiary/aromatic N) is 3. The molecule has 0 bridgehead atoms. The number of ether oxygens (including phenoxy) is 1. The van der Waals surface area contributed by atoms with Gasteiger partial charge in [0.2, 0.25) is 12.2 Å². The van der Waals surface area contributed by atoms with E-state index in [0.717, 1.165) is 35.6 Å². The van der Waals surface area contributed by atoms with Crippen LogP contribution in [-0.2, 0) is 11.3 Å². The first-order valence-electron chi connectivity index (χ1n) is 9.47. The Kier molecular flexibility index (Phi) is 5.52. The van der Waals surface area contributed by atoms with Crippen LogP contribution in [0, 0.1) is 6.92 Å². The Morgan fingerprint density at radius 3 is 2.59 bits per heavy atom. The van der Waals surface area contributed by atoms with Crippen molar-refractivity contribution in [2.45, 2.75) is 26.3 Å². The van der Waals surface area contributed by atoms with Crippen molar-refractivity contribution >= 4 is 34.8 Å². The van der Waals surface area contributed by atoms with Crippen molar-refractivity contribution in [2.75, 3.05) is 18.6 Å². The number of amides is 1. The molecule has 150 valence electrons. The van der Waals surface area contributed by atoms with Gasteiger partial charge in [0.25, 0.3) is 0 Å². The molecule has 0 N–H and O–H groups in total. The molecule has 1 aliphatic rings. The van der Waals surface area contributed by atoms with E-state index in [0.29, 0.717) is 28.8 Å². The van der Waals surface area contributed by atoms with E-state index in [1.807, 2.05) is 65.3 Å². The van der Waals surface area contributed by atoms with E-state index in [4.69, 9.17) is 27.9 Å². The molecular weight excluding hydrogens is 409 g/mol. The van der Waals surface area contributed by atoms with Crippen LogP contribution in [0.3, 0.4) is 0 Å². The van der Waals surface area contributed by atoms with E-state index < -0.39 is 0 Å². The Labute approximate surface area is 180 Å². The van der Waals surface area contributed by atoms with E-state index in [1.54, 1.807) is 7.11 Å². The summed E-state index contributed by atoms with van der Waals surface area (Å²) in [7, 11) is 1.64. The van der Waals surface area contributed by atoms with Crippen LogP contribution in [0.1, 0.15) is 24.1 Å². The van der Waals surface area contributed by atoms with Crippen LogP contribution in [0.4, 0.5) is 5.69 Å². The number of hydrogen-bond donors (Lipinski definition) is 0. The standard InChI is InChI=1S/C22H22Cl2N3O2/c1-15-12-26(14-25(15)13-17-18(23)5-3-6-19(17)24)20-9-8-16(11-21(20)29-2)27-10-4-7-22(27)28/h3,5-6,8-9,11-12,14H,4,7,10,13H2,1-2H3/q+1. The number of carbonyl (C=O) groups is 1. The van der Waals surface area contributed by atoms with Gasteiger partial charge < -0.3 is 9.64 Å². The van der Waals surface area contributed by atoms with Crippen LogP contribution in [0.2, 0.25) is 10.0 Å². The zero-order valence-corrected chi connectivity index (χ0v) is 17.9. The monoisotopic (exact) mass is 430 g/mol. The molecule has 1 aromatic heterocycles. The molecule has 29 heavy (non-hydrogen) atoms. The highest BCUT2D eigenvalue weighted by atomic mass is 35.5. The first-order valence-corrected chi connectivity index (χ1v) is 10.2. The Bertz CT molecular complexity index is 1060. The van der Waals surface area contributed by atoms with Gasteiger partial charge in [-0.3, -0.25) is 4.79 Å². The van der Waals surface area contributed by atoms with Gasteiger partial charge >= 0.3 is 0 Å². The van der Waals surface area contributed by atoms with Gasteiger partial charge in [-0.25, -0.2) is 4.57 Å². The second-order valence-electron chi connectivity index (χ2n) is 7.13. The molecule has 2 aromatic carbocycles. The lowest BCUT2D eigenvalue weighted by atomic mass is 10.2. The SMILES string of the molecule is COc1cc(N2CCCC2=O)ccc1-n1cc(C)[n+](Cc2c(Cl)cccc2Cl)c1. The summed E-state index contributed by atoms with van der Waals surface area (Å²) in [5, 5.41) is 1.30. The number of anilines is 1. The van der Waals surface area contributed by atoms with E-state index >= 15 is 0 Å².